The van der Waals surface area contributed by atoms with Crippen LogP contribution in [0.3, 0.4) is 0 Å². The number of rotatable bonds is 6. The normalized spacial score (nSPS) is 10.3. The lowest BCUT2D eigenvalue weighted by atomic mass is 10.4. The fourth-order valence-electron chi connectivity index (χ4n) is 1.57. The van der Waals surface area contributed by atoms with Gasteiger partial charge >= 0.3 is 11.7 Å². The lowest BCUT2D eigenvalue weighted by Crippen LogP contribution is -2.07. The summed E-state index contributed by atoms with van der Waals surface area (Å²) in [5, 5.41) is 17.5. The summed E-state index contributed by atoms with van der Waals surface area (Å²) in [6, 6.07) is 0. The minimum Gasteiger partial charge on any atom is -0.469 e. The van der Waals surface area contributed by atoms with Crippen LogP contribution < -0.4 is 5.32 Å². The van der Waals surface area contributed by atoms with Crippen LogP contribution in [-0.4, -0.2) is 37.8 Å². The van der Waals surface area contributed by atoms with Gasteiger partial charge in [-0.15, -0.1) is 0 Å². The summed E-state index contributed by atoms with van der Waals surface area (Å²) in [6.45, 7) is 0.320. The number of nitrogens with zero attached hydrogens (tertiary/aromatic N) is 5. The van der Waals surface area contributed by atoms with Crippen molar-refractivity contribution in [3.63, 3.8) is 0 Å². The Hall–Kier alpha value is -2.75. The molecular formula is C11H11ClN6O4. The Kier molecular flexibility index (Phi) is 4.84. The quantitative estimate of drug-likeness (QED) is 0.366. The molecule has 0 spiro atoms. The molecule has 0 aromatic carbocycles. The van der Waals surface area contributed by atoms with Crippen LogP contribution in [-0.2, 0) is 16.1 Å². The summed E-state index contributed by atoms with van der Waals surface area (Å²) in [5.41, 5.74) is 0.148. The molecule has 2 heterocycles. The van der Waals surface area contributed by atoms with Crippen molar-refractivity contribution in [2.75, 3.05) is 12.4 Å². The molecule has 0 aliphatic heterocycles. The van der Waals surface area contributed by atoms with Gasteiger partial charge in [0.25, 0.3) is 0 Å². The molecule has 0 bridgehead atoms. The number of hydrogen-bond donors (Lipinski definition) is 1. The molecule has 2 aromatic rings. The zero-order valence-electron chi connectivity index (χ0n) is 11.4. The zero-order valence-corrected chi connectivity index (χ0v) is 12.1. The van der Waals surface area contributed by atoms with E-state index in [-0.39, 0.29) is 29.2 Å². The van der Waals surface area contributed by atoms with E-state index >= 15 is 0 Å². The Morgan fingerprint density at radius 1 is 1.55 bits per heavy atom. The molecule has 116 valence electrons. The topological polar surface area (TPSA) is 125 Å². The van der Waals surface area contributed by atoms with Gasteiger partial charge in [0.1, 0.15) is 6.20 Å². The largest absolute Gasteiger partial charge is 0.469 e. The molecule has 0 unspecified atom stereocenters. The molecule has 0 fully saturated rings. The highest BCUT2D eigenvalue weighted by Crippen LogP contribution is 2.25. The Balaban J connectivity index is 2.11. The molecule has 22 heavy (non-hydrogen) atoms. The summed E-state index contributed by atoms with van der Waals surface area (Å²) in [4.78, 5) is 28.7. The number of esters is 1. The number of methoxy groups -OCH3 is 1. The van der Waals surface area contributed by atoms with E-state index in [9.17, 15) is 14.9 Å². The summed E-state index contributed by atoms with van der Waals surface area (Å²) in [5.74, 6) is -0.402. The molecule has 2 aromatic heterocycles. The van der Waals surface area contributed by atoms with Crippen molar-refractivity contribution in [2.24, 2.45) is 0 Å². The lowest BCUT2D eigenvalue weighted by molar-refractivity contribution is -0.384. The maximum atomic E-state index is 11.1. The second-order valence-corrected chi connectivity index (χ2v) is 4.41. The number of carbonyl (C=O) groups is 1. The van der Waals surface area contributed by atoms with Gasteiger partial charge in [-0.1, -0.05) is 0 Å². The molecule has 2 rings (SSSR count). The van der Waals surface area contributed by atoms with E-state index in [2.05, 4.69) is 25.1 Å². The van der Waals surface area contributed by atoms with Crippen LogP contribution in [0, 0.1) is 10.1 Å². The first-order chi connectivity index (χ1) is 10.5. The highest BCUT2D eigenvalue weighted by atomic mass is 35.5. The molecule has 0 radical (unpaired) electrons. The van der Waals surface area contributed by atoms with E-state index in [1.54, 1.807) is 6.20 Å². The average molecular weight is 327 g/mol. The fourth-order valence-corrected chi connectivity index (χ4v) is 1.71. The predicted octanol–water partition coefficient (Wildman–Crippen LogP) is 1.54. The van der Waals surface area contributed by atoms with E-state index in [0.29, 0.717) is 12.2 Å². The van der Waals surface area contributed by atoms with Gasteiger partial charge in [0.15, 0.2) is 0 Å². The third-order valence-electron chi connectivity index (χ3n) is 2.61. The summed E-state index contributed by atoms with van der Waals surface area (Å²) in [7, 11) is 1.30. The molecule has 1 N–H and O–H groups in total. The number of ether oxygens (including phenoxy) is 1. The van der Waals surface area contributed by atoms with Crippen molar-refractivity contribution in [2.45, 2.75) is 13.0 Å². The molecule has 10 nitrogen and oxygen atoms in total. The third kappa shape index (κ3) is 3.88. The fraction of sp³-hybridized carbons (Fsp3) is 0.273. The molecule has 11 heteroatoms. The first kappa shape index (κ1) is 15.6. The second kappa shape index (κ2) is 6.80. The van der Waals surface area contributed by atoms with Crippen molar-refractivity contribution < 1.29 is 14.5 Å². The number of aryl methyl sites for hydroxylation is 1. The van der Waals surface area contributed by atoms with Gasteiger partial charge in [-0.2, -0.15) is 10.1 Å². The number of hydrogen-bond acceptors (Lipinski definition) is 8. The van der Waals surface area contributed by atoms with Gasteiger partial charge in [0.2, 0.25) is 11.1 Å². The first-order valence-corrected chi connectivity index (χ1v) is 6.40. The van der Waals surface area contributed by atoms with E-state index < -0.39 is 4.92 Å². The average Bonchev–Trinajstić information content (AvgIpc) is 2.92. The Morgan fingerprint density at radius 2 is 2.32 bits per heavy atom. The summed E-state index contributed by atoms with van der Waals surface area (Å²) in [6.07, 6.45) is 4.19. The van der Waals surface area contributed by atoms with Crippen molar-refractivity contribution in [1.82, 2.24) is 19.7 Å². The van der Waals surface area contributed by atoms with E-state index in [4.69, 9.17) is 11.6 Å². The van der Waals surface area contributed by atoms with Gasteiger partial charge in [-0.25, -0.2) is 4.98 Å². The maximum Gasteiger partial charge on any atom is 0.329 e. The minimum atomic E-state index is -0.625. The van der Waals surface area contributed by atoms with E-state index in [1.165, 1.54) is 18.0 Å². The monoisotopic (exact) mass is 326 g/mol. The first-order valence-electron chi connectivity index (χ1n) is 6.03. The van der Waals surface area contributed by atoms with Crippen LogP contribution in [0.1, 0.15) is 6.42 Å². The highest BCUT2D eigenvalue weighted by Gasteiger charge is 2.17. The van der Waals surface area contributed by atoms with E-state index in [0.717, 1.165) is 6.20 Å². The van der Waals surface area contributed by atoms with E-state index in [1.807, 2.05) is 0 Å². The summed E-state index contributed by atoms with van der Waals surface area (Å²) >= 11 is 5.64. The highest BCUT2D eigenvalue weighted by molar-refractivity contribution is 6.28. The Labute approximate surface area is 129 Å². The number of anilines is 2. The van der Waals surface area contributed by atoms with Crippen LogP contribution in [0.2, 0.25) is 5.28 Å². The van der Waals surface area contributed by atoms with Gasteiger partial charge in [-0.3, -0.25) is 19.6 Å². The number of nitro groups is 1. The van der Waals surface area contributed by atoms with Crippen molar-refractivity contribution >= 4 is 34.8 Å². The van der Waals surface area contributed by atoms with Gasteiger partial charge in [0.05, 0.1) is 36.9 Å². The van der Waals surface area contributed by atoms with Gasteiger partial charge < -0.3 is 10.1 Å². The zero-order chi connectivity index (χ0) is 16.1. The molecule has 0 amide bonds. The van der Waals surface area contributed by atoms with Crippen LogP contribution in [0.15, 0.2) is 18.6 Å². The molecule has 0 aliphatic rings. The molecule has 0 aliphatic carbocycles. The van der Waals surface area contributed by atoms with Gasteiger partial charge in [-0.05, 0) is 11.6 Å². The predicted molar refractivity (Wildman–Crippen MR) is 75.8 cm³/mol. The van der Waals surface area contributed by atoms with Crippen LogP contribution >= 0.6 is 11.6 Å². The number of aromatic nitrogens is 4. The van der Waals surface area contributed by atoms with Crippen LogP contribution in [0.4, 0.5) is 17.2 Å². The molecule has 0 atom stereocenters. The Morgan fingerprint density at radius 3 is 3.00 bits per heavy atom. The number of carbonyl (C=O) groups excluding carboxylic acids is 1. The van der Waals surface area contributed by atoms with Crippen molar-refractivity contribution in [3.8, 4) is 0 Å². The lowest BCUT2D eigenvalue weighted by Gasteiger charge is -2.03. The van der Waals surface area contributed by atoms with Crippen molar-refractivity contribution in [1.29, 1.82) is 0 Å². The van der Waals surface area contributed by atoms with Gasteiger partial charge in [0, 0.05) is 6.20 Å². The smallest absolute Gasteiger partial charge is 0.329 e. The molecule has 0 saturated heterocycles. The van der Waals surface area contributed by atoms with Crippen LogP contribution in [0.25, 0.3) is 0 Å². The maximum absolute atomic E-state index is 11.1. The SMILES string of the molecule is COC(=O)CCn1cc(Nc2nc(Cl)ncc2[N+](=O)[O-])cn1. The molecule has 0 saturated carbocycles. The molecular weight excluding hydrogens is 316 g/mol. The third-order valence-corrected chi connectivity index (χ3v) is 2.79. The second-order valence-electron chi connectivity index (χ2n) is 4.07. The summed E-state index contributed by atoms with van der Waals surface area (Å²) < 4.78 is 6.02. The number of nitrogens with one attached hydrogen (secondary N) is 1. The van der Waals surface area contributed by atoms with Crippen LogP contribution in [0.5, 0.6) is 0 Å². The Bertz CT molecular complexity index is 704. The minimum absolute atomic E-state index is 0.0440. The number of halogens is 1. The standard InChI is InChI=1S/C11H11ClN6O4/c1-22-9(19)2-3-17-6-7(4-14-17)15-10-8(18(20)21)5-13-11(12)16-10/h4-6H,2-3H2,1H3,(H,13,15,16). The van der Waals surface area contributed by atoms with Crippen molar-refractivity contribution in [3.05, 3.63) is 34.0 Å².